The van der Waals surface area contributed by atoms with E-state index in [1.165, 1.54) is 64.2 Å². The molecule has 0 fully saturated rings. The molecule has 0 amide bonds. The molecule has 0 aromatic carbocycles. The molecule has 2 atom stereocenters. The van der Waals surface area contributed by atoms with Crippen LogP contribution in [-0.4, -0.2) is 22.2 Å². The quantitative estimate of drug-likeness (QED) is 0.264. The minimum absolute atomic E-state index is 0.0441. The molecule has 0 aromatic rings. The molecule has 0 aliphatic rings. The van der Waals surface area contributed by atoms with Crippen LogP contribution in [0.15, 0.2) is 0 Å². The summed E-state index contributed by atoms with van der Waals surface area (Å²) in [5.74, 6) is -1.77. The molecule has 4 heteroatoms. The van der Waals surface area contributed by atoms with Gasteiger partial charge >= 0.3 is 11.9 Å². The normalized spacial score (nSPS) is 14.7. The highest BCUT2D eigenvalue weighted by Gasteiger charge is 2.38. The van der Waals surface area contributed by atoms with Gasteiger partial charge in [-0.25, -0.2) is 0 Å². The number of carboxylic acids is 2. The van der Waals surface area contributed by atoms with Gasteiger partial charge in [0.15, 0.2) is 0 Å². The van der Waals surface area contributed by atoms with Crippen molar-refractivity contribution in [1.82, 2.24) is 0 Å². The van der Waals surface area contributed by atoms with Crippen molar-refractivity contribution in [1.29, 1.82) is 0 Å². The van der Waals surface area contributed by atoms with E-state index >= 15 is 0 Å². The third-order valence-corrected chi connectivity index (χ3v) is 5.92. The number of carbonyl (C=O) groups is 2. The molecule has 0 aromatic heterocycles. The average molecular weight is 371 g/mol. The minimum atomic E-state index is -0.852. The summed E-state index contributed by atoms with van der Waals surface area (Å²) in [6, 6.07) is 0. The summed E-state index contributed by atoms with van der Waals surface area (Å²) in [6.45, 7) is 5.90. The van der Waals surface area contributed by atoms with Gasteiger partial charge in [0, 0.05) is 6.42 Å². The fourth-order valence-electron chi connectivity index (χ4n) is 3.56. The Labute approximate surface area is 160 Å². The summed E-state index contributed by atoms with van der Waals surface area (Å²) in [5, 5.41) is 18.4. The van der Waals surface area contributed by atoms with Crippen LogP contribution in [0.1, 0.15) is 117 Å². The zero-order valence-electron chi connectivity index (χ0n) is 17.4. The Morgan fingerprint density at radius 3 is 1.62 bits per heavy atom. The second-order valence-electron chi connectivity index (χ2n) is 8.20. The van der Waals surface area contributed by atoms with E-state index in [0.717, 1.165) is 12.8 Å². The fourth-order valence-corrected chi connectivity index (χ4v) is 3.56. The first kappa shape index (κ1) is 24.9. The SMILES string of the molecule is CCCCCCCCCCCCCCC(C)(C(=O)O)C(C)CCC(=O)O. The van der Waals surface area contributed by atoms with Crippen molar-refractivity contribution in [2.24, 2.45) is 11.3 Å². The molecule has 0 saturated heterocycles. The number of hydrogen-bond donors (Lipinski definition) is 2. The maximum atomic E-state index is 11.7. The molecule has 0 radical (unpaired) electrons. The van der Waals surface area contributed by atoms with Crippen molar-refractivity contribution in [3.05, 3.63) is 0 Å². The van der Waals surface area contributed by atoms with Crippen molar-refractivity contribution < 1.29 is 19.8 Å². The average Bonchev–Trinajstić information content (AvgIpc) is 2.60. The van der Waals surface area contributed by atoms with Crippen LogP contribution in [0.5, 0.6) is 0 Å². The van der Waals surface area contributed by atoms with E-state index < -0.39 is 17.4 Å². The van der Waals surface area contributed by atoms with Gasteiger partial charge in [-0.2, -0.15) is 0 Å². The summed E-state index contributed by atoms with van der Waals surface area (Å²) in [6.07, 6.45) is 16.3. The lowest BCUT2D eigenvalue weighted by atomic mass is 9.72. The molecular weight excluding hydrogens is 328 g/mol. The number of rotatable bonds is 18. The van der Waals surface area contributed by atoms with Gasteiger partial charge in [0.1, 0.15) is 0 Å². The number of carboxylic acid groups (broad SMARTS) is 2. The minimum Gasteiger partial charge on any atom is -0.481 e. The maximum absolute atomic E-state index is 11.7. The zero-order chi connectivity index (χ0) is 19.8. The molecule has 2 N–H and O–H groups in total. The van der Waals surface area contributed by atoms with Crippen LogP contribution in [0.25, 0.3) is 0 Å². The Kier molecular flexibility index (Phi) is 14.4. The lowest BCUT2D eigenvalue weighted by Crippen LogP contribution is -2.34. The van der Waals surface area contributed by atoms with Gasteiger partial charge in [-0.15, -0.1) is 0 Å². The topological polar surface area (TPSA) is 74.6 Å². The summed E-state index contributed by atoms with van der Waals surface area (Å²) in [5.41, 5.74) is -0.812. The van der Waals surface area contributed by atoms with E-state index in [-0.39, 0.29) is 12.3 Å². The molecule has 0 aliphatic carbocycles. The molecule has 0 spiro atoms. The van der Waals surface area contributed by atoms with Crippen molar-refractivity contribution >= 4 is 11.9 Å². The van der Waals surface area contributed by atoms with Gasteiger partial charge in [-0.05, 0) is 25.7 Å². The molecule has 0 bridgehead atoms. The molecule has 0 rings (SSSR count). The van der Waals surface area contributed by atoms with E-state index in [9.17, 15) is 14.7 Å². The van der Waals surface area contributed by atoms with Crippen LogP contribution in [-0.2, 0) is 9.59 Å². The Bertz CT molecular complexity index is 380. The smallest absolute Gasteiger partial charge is 0.309 e. The highest BCUT2D eigenvalue weighted by molar-refractivity contribution is 5.74. The van der Waals surface area contributed by atoms with Crippen LogP contribution in [0.4, 0.5) is 0 Å². The largest absolute Gasteiger partial charge is 0.481 e. The van der Waals surface area contributed by atoms with Crippen LogP contribution in [0.2, 0.25) is 0 Å². The predicted molar refractivity (Wildman–Crippen MR) is 107 cm³/mol. The van der Waals surface area contributed by atoms with Gasteiger partial charge in [-0.3, -0.25) is 9.59 Å². The highest BCUT2D eigenvalue weighted by atomic mass is 16.4. The second-order valence-corrected chi connectivity index (χ2v) is 8.20. The van der Waals surface area contributed by atoms with Gasteiger partial charge < -0.3 is 10.2 Å². The number of hydrogen-bond acceptors (Lipinski definition) is 2. The van der Waals surface area contributed by atoms with E-state index in [1.54, 1.807) is 6.92 Å². The highest BCUT2D eigenvalue weighted by Crippen LogP contribution is 2.36. The Morgan fingerprint density at radius 1 is 0.808 bits per heavy atom. The van der Waals surface area contributed by atoms with Crippen molar-refractivity contribution in [3.8, 4) is 0 Å². The Balaban J connectivity index is 3.80. The maximum Gasteiger partial charge on any atom is 0.309 e. The van der Waals surface area contributed by atoms with E-state index in [1.807, 2.05) is 6.92 Å². The first-order valence-electron chi connectivity index (χ1n) is 10.8. The van der Waals surface area contributed by atoms with Crippen LogP contribution >= 0.6 is 0 Å². The molecule has 26 heavy (non-hydrogen) atoms. The third kappa shape index (κ3) is 11.5. The molecule has 0 aliphatic heterocycles. The van der Waals surface area contributed by atoms with Crippen LogP contribution in [0.3, 0.4) is 0 Å². The summed E-state index contributed by atoms with van der Waals surface area (Å²) in [7, 11) is 0. The Hall–Kier alpha value is -1.06. The first-order chi connectivity index (χ1) is 12.3. The van der Waals surface area contributed by atoms with Gasteiger partial charge in [-0.1, -0.05) is 90.9 Å². The van der Waals surface area contributed by atoms with E-state index in [4.69, 9.17) is 5.11 Å². The summed E-state index contributed by atoms with van der Waals surface area (Å²) in [4.78, 5) is 22.4. The molecule has 0 heterocycles. The fraction of sp³-hybridized carbons (Fsp3) is 0.909. The van der Waals surface area contributed by atoms with Crippen molar-refractivity contribution in [3.63, 3.8) is 0 Å². The second kappa shape index (κ2) is 15.0. The Morgan fingerprint density at radius 2 is 1.23 bits per heavy atom. The standard InChI is InChI=1S/C22H42O4/c1-4-5-6-7-8-9-10-11-12-13-14-15-18-22(3,21(25)26)19(2)16-17-20(23)24/h19H,4-18H2,1-3H3,(H,23,24)(H,25,26). The number of aliphatic carboxylic acids is 2. The lowest BCUT2D eigenvalue weighted by Gasteiger charge is -2.31. The molecule has 4 nitrogen and oxygen atoms in total. The van der Waals surface area contributed by atoms with E-state index in [2.05, 4.69) is 6.92 Å². The zero-order valence-corrected chi connectivity index (χ0v) is 17.4. The predicted octanol–water partition coefficient (Wildman–Crippen LogP) is 6.67. The third-order valence-electron chi connectivity index (χ3n) is 5.92. The van der Waals surface area contributed by atoms with Crippen molar-refractivity contribution in [2.45, 2.75) is 117 Å². The lowest BCUT2D eigenvalue weighted by molar-refractivity contribution is -0.152. The van der Waals surface area contributed by atoms with Crippen LogP contribution in [0, 0.1) is 11.3 Å². The van der Waals surface area contributed by atoms with Gasteiger partial charge in [0.2, 0.25) is 0 Å². The number of unbranched alkanes of at least 4 members (excludes halogenated alkanes) is 11. The molecule has 0 saturated carbocycles. The van der Waals surface area contributed by atoms with Gasteiger partial charge in [0.25, 0.3) is 0 Å². The monoisotopic (exact) mass is 370 g/mol. The summed E-state index contributed by atoms with van der Waals surface area (Å²) >= 11 is 0. The summed E-state index contributed by atoms with van der Waals surface area (Å²) < 4.78 is 0. The van der Waals surface area contributed by atoms with Crippen LogP contribution < -0.4 is 0 Å². The molecule has 2 unspecified atom stereocenters. The van der Waals surface area contributed by atoms with Gasteiger partial charge in [0.05, 0.1) is 5.41 Å². The van der Waals surface area contributed by atoms with Crippen molar-refractivity contribution in [2.75, 3.05) is 0 Å². The molecule has 154 valence electrons. The van der Waals surface area contributed by atoms with E-state index in [0.29, 0.717) is 12.8 Å². The first-order valence-corrected chi connectivity index (χ1v) is 10.8. The molecular formula is C22H42O4.